The summed E-state index contributed by atoms with van der Waals surface area (Å²) < 4.78 is 4.95. The van der Waals surface area contributed by atoms with Crippen LogP contribution in [0, 0.1) is 12.8 Å². The third kappa shape index (κ3) is 1.85. The van der Waals surface area contributed by atoms with Gasteiger partial charge in [-0.2, -0.15) is 0 Å². The highest BCUT2D eigenvalue weighted by Crippen LogP contribution is 2.20. The SMILES string of the molecule is CCC(C)C(N)c1cc(C)on1. The zero-order valence-electron chi connectivity index (χ0n) is 7.87. The molecule has 1 aromatic heterocycles. The second-order valence-electron chi connectivity index (χ2n) is 3.27. The Hall–Kier alpha value is -0.830. The van der Waals surface area contributed by atoms with Crippen LogP contribution in [0.15, 0.2) is 10.6 Å². The van der Waals surface area contributed by atoms with E-state index in [0.717, 1.165) is 17.9 Å². The van der Waals surface area contributed by atoms with Gasteiger partial charge >= 0.3 is 0 Å². The Morgan fingerprint density at radius 2 is 2.33 bits per heavy atom. The van der Waals surface area contributed by atoms with Crippen LogP contribution in [0.1, 0.15) is 37.8 Å². The fourth-order valence-electron chi connectivity index (χ4n) is 1.09. The molecule has 3 heteroatoms. The first-order valence-electron chi connectivity index (χ1n) is 4.34. The molecule has 3 nitrogen and oxygen atoms in total. The number of hydrogen-bond donors (Lipinski definition) is 1. The van der Waals surface area contributed by atoms with Crippen molar-refractivity contribution in [3.8, 4) is 0 Å². The number of aryl methyl sites for hydroxylation is 1. The van der Waals surface area contributed by atoms with Crippen LogP contribution < -0.4 is 5.73 Å². The van der Waals surface area contributed by atoms with Gasteiger partial charge in [-0.15, -0.1) is 0 Å². The van der Waals surface area contributed by atoms with Gasteiger partial charge in [0.2, 0.25) is 0 Å². The highest BCUT2D eigenvalue weighted by atomic mass is 16.5. The number of rotatable bonds is 3. The third-order valence-corrected chi connectivity index (χ3v) is 2.24. The van der Waals surface area contributed by atoms with Gasteiger partial charge in [0.15, 0.2) is 0 Å². The minimum atomic E-state index is 0.00690. The molecule has 0 bridgehead atoms. The standard InChI is InChI=1S/C9H16N2O/c1-4-6(2)9(10)8-5-7(3)12-11-8/h5-6,9H,4,10H2,1-3H3. The van der Waals surface area contributed by atoms with E-state index < -0.39 is 0 Å². The van der Waals surface area contributed by atoms with Crippen molar-refractivity contribution in [1.29, 1.82) is 0 Å². The molecule has 1 heterocycles. The fourth-order valence-corrected chi connectivity index (χ4v) is 1.09. The fraction of sp³-hybridized carbons (Fsp3) is 0.667. The van der Waals surface area contributed by atoms with Crippen LogP contribution in [0.5, 0.6) is 0 Å². The maximum Gasteiger partial charge on any atom is 0.133 e. The lowest BCUT2D eigenvalue weighted by Gasteiger charge is -2.14. The second-order valence-corrected chi connectivity index (χ2v) is 3.27. The Morgan fingerprint density at radius 3 is 2.75 bits per heavy atom. The molecule has 0 aliphatic rings. The maximum atomic E-state index is 5.94. The Labute approximate surface area is 72.9 Å². The van der Waals surface area contributed by atoms with E-state index in [1.165, 1.54) is 0 Å². The molecule has 1 aromatic rings. The summed E-state index contributed by atoms with van der Waals surface area (Å²) in [5.74, 6) is 1.28. The maximum absolute atomic E-state index is 5.94. The summed E-state index contributed by atoms with van der Waals surface area (Å²) in [6.45, 7) is 6.12. The first kappa shape index (κ1) is 9.26. The Balaban J connectivity index is 2.70. The van der Waals surface area contributed by atoms with Gasteiger partial charge < -0.3 is 10.3 Å². The van der Waals surface area contributed by atoms with Crippen LogP contribution in [0.2, 0.25) is 0 Å². The zero-order chi connectivity index (χ0) is 9.14. The molecular formula is C9H16N2O. The minimum Gasteiger partial charge on any atom is -0.361 e. The molecule has 0 aliphatic carbocycles. The van der Waals surface area contributed by atoms with E-state index in [1.807, 2.05) is 13.0 Å². The zero-order valence-corrected chi connectivity index (χ0v) is 7.87. The van der Waals surface area contributed by atoms with Crippen molar-refractivity contribution in [1.82, 2.24) is 5.16 Å². The summed E-state index contributed by atoms with van der Waals surface area (Å²) in [5.41, 5.74) is 6.80. The smallest absolute Gasteiger partial charge is 0.133 e. The monoisotopic (exact) mass is 168 g/mol. The van der Waals surface area contributed by atoms with Crippen LogP contribution in [-0.4, -0.2) is 5.16 Å². The summed E-state index contributed by atoms with van der Waals surface area (Å²) in [6.07, 6.45) is 1.06. The Bertz CT molecular complexity index is 244. The van der Waals surface area contributed by atoms with Gasteiger partial charge in [-0.25, -0.2) is 0 Å². The Morgan fingerprint density at radius 1 is 1.67 bits per heavy atom. The average molecular weight is 168 g/mol. The number of nitrogens with two attached hydrogens (primary N) is 1. The average Bonchev–Trinajstić information content (AvgIpc) is 2.49. The van der Waals surface area contributed by atoms with E-state index in [9.17, 15) is 0 Å². The summed E-state index contributed by atoms with van der Waals surface area (Å²) >= 11 is 0. The van der Waals surface area contributed by atoms with Crippen LogP contribution in [0.25, 0.3) is 0 Å². The first-order valence-corrected chi connectivity index (χ1v) is 4.34. The summed E-state index contributed by atoms with van der Waals surface area (Å²) in [4.78, 5) is 0. The molecule has 0 saturated heterocycles. The molecule has 0 radical (unpaired) electrons. The van der Waals surface area contributed by atoms with E-state index in [0.29, 0.717) is 5.92 Å². The van der Waals surface area contributed by atoms with Crippen LogP contribution in [0.4, 0.5) is 0 Å². The van der Waals surface area contributed by atoms with Gasteiger partial charge in [-0.3, -0.25) is 0 Å². The summed E-state index contributed by atoms with van der Waals surface area (Å²) in [6, 6.07) is 1.91. The third-order valence-electron chi connectivity index (χ3n) is 2.24. The predicted octanol–water partition coefficient (Wildman–Crippen LogP) is 2.03. The van der Waals surface area contributed by atoms with E-state index >= 15 is 0 Å². The van der Waals surface area contributed by atoms with Gasteiger partial charge in [0, 0.05) is 6.07 Å². The Kier molecular flexibility index (Phi) is 2.87. The molecule has 0 aromatic carbocycles. The quantitative estimate of drug-likeness (QED) is 0.751. The minimum absolute atomic E-state index is 0.00690. The predicted molar refractivity (Wildman–Crippen MR) is 47.6 cm³/mol. The van der Waals surface area contributed by atoms with Crippen molar-refractivity contribution in [2.75, 3.05) is 0 Å². The van der Waals surface area contributed by atoms with Crippen LogP contribution in [0.3, 0.4) is 0 Å². The van der Waals surface area contributed by atoms with Gasteiger partial charge in [0.1, 0.15) is 11.5 Å². The molecule has 12 heavy (non-hydrogen) atoms. The first-order chi connectivity index (χ1) is 5.65. The largest absolute Gasteiger partial charge is 0.361 e. The highest BCUT2D eigenvalue weighted by Gasteiger charge is 2.16. The molecule has 2 unspecified atom stereocenters. The highest BCUT2D eigenvalue weighted by molar-refractivity contribution is 5.08. The van der Waals surface area contributed by atoms with Crippen molar-refractivity contribution in [3.63, 3.8) is 0 Å². The molecule has 2 atom stereocenters. The van der Waals surface area contributed by atoms with Gasteiger partial charge in [-0.1, -0.05) is 25.4 Å². The number of hydrogen-bond acceptors (Lipinski definition) is 3. The number of nitrogens with zero attached hydrogens (tertiary/aromatic N) is 1. The van der Waals surface area contributed by atoms with Crippen LogP contribution in [-0.2, 0) is 0 Å². The van der Waals surface area contributed by atoms with E-state index in [-0.39, 0.29) is 6.04 Å². The van der Waals surface area contributed by atoms with Gasteiger partial charge in [-0.05, 0) is 12.8 Å². The summed E-state index contributed by atoms with van der Waals surface area (Å²) in [7, 11) is 0. The van der Waals surface area contributed by atoms with Gasteiger partial charge in [0.05, 0.1) is 6.04 Å². The van der Waals surface area contributed by atoms with Crippen molar-refractivity contribution in [3.05, 3.63) is 17.5 Å². The second kappa shape index (κ2) is 3.72. The topological polar surface area (TPSA) is 52.0 Å². The molecule has 2 N–H and O–H groups in total. The lowest BCUT2D eigenvalue weighted by atomic mass is 9.97. The van der Waals surface area contributed by atoms with E-state index in [4.69, 9.17) is 10.3 Å². The summed E-state index contributed by atoms with van der Waals surface area (Å²) in [5, 5.41) is 3.88. The van der Waals surface area contributed by atoms with Gasteiger partial charge in [0.25, 0.3) is 0 Å². The molecule has 0 aliphatic heterocycles. The number of aromatic nitrogens is 1. The van der Waals surface area contributed by atoms with Crippen molar-refractivity contribution < 1.29 is 4.52 Å². The lowest BCUT2D eigenvalue weighted by Crippen LogP contribution is -2.18. The van der Waals surface area contributed by atoms with Crippen molar-refractivity contribution in [2.45, 2.75) is 33.2 Å². The molecule has 1 rings (SSSR count). The molecule has 0 spiro atoms. The van der Waals surface area contributed by atoms with E-state index in [2.05, 4.69) is 19.0 Å². The normalized spacial score (nSPS) is 16.0. The lowest BCUT2D eigenvalue weighted by molar-refractivity contribution is 0.367. The molecule has 0 saturated carbocycles. The van der Waals surface area contributed by atoms with E-state index in [1.54, 1.807) is 0 Å². The molecule has 0 fully saturated rings. The van der Waals surface area contributed by atoms with Crippen LogP contribution >= 0.6 is 0 Å². The molecule has 0 amide bonds. The molecule has 68 valence electrons. The molecular weight excluding hydrogens is 152 g/mol. The van der Waals surface area contributed by atoms with Crippen molar-refractivity contribution >= 4 is 0 Å². The van der Waals surface area contributed by atoms with Crippen molar-refractivity contribution in [2.24, 2.45) is 11.7 Å².